The highest BCUT2D eigenvalue weighted by Gasteiger charge is 2.57. The Hall–Kier alpha value is -12.8. The monoisotopic (exact) mass is 1490 g/mol. The Labute approximate surface area is 665 Å². The first-order valence-electron chi connectivity index (χ1n) is 36.1. The van der Waals surface area contributed by atoms with Crippen molar-refractivity contribution in [1.29, 1.82) is 0 Å². The van der Waals surface area contributed by atoms with Crippen LogP contribution in [-0.2, 0) is 28.7 Å². The molecule has 12 aromatic rings. The normalized spacial score (nSPS) is 11.6. The number of anilines is 12. The smallest absolute Gasteiger partial charge is 0.333 e. The Morgan fingerprint density at radius 1 is 0.375 bits per heavy atom. The first-order chi connectivity index (χ1) is 52.0. The molecule has 0 saturated heterocycles. The third-order valence-corrected chi connectivity index (χ3v) is 20.1. The maximum atomic E-state index is 12.9. The van der Waals surface area contributed by atoms with E-state index in [2.05, 4.69) is 332 Å². The van der Waals surface area contributed by atoms with Crippen molar-refractivity contribution in [2.24, 2.45) is 10.8 Å². The Bertz CT molecular complexity index is 5100. The number of aliphatic carboxylic acids is 2. The van der Waals surface area contributed by atoms with Crippen LogP contribution in [0.15, 0.2) is 321 Å². The van der Waals surface area contributed by atoms with Crippen LogP contribution in [0.1, 0.15) is 117 Å². The van der Waals surface area contributed by atoms with Crippen LogP contribution in [0, 0.1) is 38.5 Å². The molecule has 0 amide bonds. The number of hydrogen-bond acceptors (Lipinski definition) is 10. The van der Waals surface area contributed by atoms with Crippen LogP contribution in [-0.4, -0.2) is 48.3 Å². The van der Waals surface area contributed by atoms with E-state index in [0.717, 1.165) is 96.1 Å². The van der Waals surface area contributed by atoms with E-state index in [1.54, 1.807) is 20.8 Å². The number of hydrogen-bond donors (Lipinski definition) is 2. The van der Waals surface area contributed by atoms with Crippen molar-refractivity contribution in [3.05, 3.63) is 354 Å². The number of nitrogens with zero attached hydrogens (tertiary/aromatic N) is 4. The van der Waals surface area contributed by atoms with E-state index in [-0.39, 0.29) is 40.9 Å². The van der Waals surface area contributed by atoms with E-state index in [1.807, 2.05) is 43.3 Å². The number of carbonyl (C=O) groups is 4. The third-order valence-electron chi connectivity index (χ3n) is 20.1. The van der Waals surface area contributed by atoms with E-state index < -0.39 is 40.6 Å². The van der Waals surface area contributed by atoms with Crippen molar-refractivity contribution in [1.82, 2.24) is 0 Å². The molecule has 0 aliphatic carbocycles. The Balaban J connectivity index is 0.000000305. The van der Waals surface area contributed by atoms with Crippen LogP contribution in [0.5, 0.6) is 0 Å². The summed E-state index contributed by atoms with van der Waals surface area (Å²) in [6, 6.07) is 107. The number of methoxy groups -OCH3 is 2. The second-order valence-electron chi connectivity index (χ2n) is 27.6. The highest BCUT2D eigenvalue weighted by molar-refractivity contribution is 5.99. The predicted octanol–water partition coefficient (Wildman–Crippen LogP) is 27.4. The summed E-state index contributed by atoms with van der Waals surface area (Å²) in [6.45, 7) is 22.1. The summed E-state index contributed by atoms with van der Waals surface area (Å²) in [5.41, 5.74) is 21.8. The lowest BCUT2D eigenvalue weighted by atomic mass is 9.57. The standard InChI is InChI=1S/C49H50N2O4.C40H34N2.C7H10O4.4CH4/c1-8-45(49(6,46(52)53)48(4,5)47(54)55-7)38-24-30-42(31-25-38)51(44-19-13-15-35(3)33-44)41-28-22-37(23-29-41)36-20-26-40(27-21-36)50(39-16-10-9-11-17-39)43-18-12-14-34(2)32-43;1-4-32-16-22-36(23-17-32)42(40-15-9-11-31(3)29-40)38-26-20-34(21-27-38)33-18-24-37(25-19-33)41(35-12-6-5-7-13-35)39-14-8-10-30(2)28-39;1-4(6(8)9)5(2)7(10)11-3;;;;/h9-33,45H,8H2,1-7H3,(H,52,53);4-29H,1H2,2-3H3;1-3H3,(H,8,9);4*1H4/b;;5-4+;;;;. The highest BCUT2D eigenvalue weighted by atomic mass is 16.5. The first kappa shape index (κ1) is 88.1. The fourth-order valence-electron chi connectivity index (χ4n) is 13.6. The number of para-hydroxylation sites is 2. The molecule has 0 radical (unpaired) electrons. The number of carbonyl (C=O) groups excluding carboxylic acids is 2. The molecule has 0 aliphatic rings. The molecule has 0 bridgehead atoms. The summed E-state index contributed by atoms with van der Waals surface area (Å²) in [6.07, 6.45) is 2.41. The predicted molar refractivity (Wildman–Crippen MR) is 471 cm³/mol. The van der Waals surface area contributed by atoms with Gasteiger partial charge in [0.05, 0.1) is 25.0 Å². The minimum Gasteiger partial charge on any atom is -0.481 e. The van der Waals surface area contributed by atoms with Gasteiger partial charge >= 0.3 is 23.9 Å². The van der Waals surface area contributed by atoms with Crippen LogP contribution < -0.4 is 19.6 Å². The maximum Gasteiger partial charge on any atom is 0.333 e. The van der Waals surface area contributed by atoms with Gasteiger partial charge in [0, 0.05) is 85.3 Å². The van der Waals surface area contributed by atoms with Gasteiger partial charge in [0.2, 0.25) is 0 Å². The summed E-state index contributed by atoms with van der Waals surface area (Å²) in [5, 5.41) is 19.0. The zero-order chi connectivity index (χ0) is 77.2. The van der Waals surface area contributed by atoms with Crippen molar-refractivity contribution in [2.75, 3.05) is 33.8 Å². The second kappa shape index (κ2) is 40.1. The van der Waals surface area contributed by atoms with Gasteiger partial charge in [-0.05, 0) is 270 Å². The number of rotatable bonds is 23. The van der Waals surface area contributed by atoms with Crippen molar-refractivity contribution < 1.29 is 38.9 Å². The van der Waals surface area contributed by atoms with Crippen LogP contribution in [0.25, 0.3) is 28.3 Å². The minimum atomic E-state index is -1.42. The molecule has 0 aromatic heterocycles. The van der Waals surface area contributed by atoms with E-state index >= 15 is 0 Å². The van der Waals surface area contributed by atoms with Gasteiger partial charge in [0.1, 0.15) is 0 Å². The number of carboxylic acids is 2. The van der Waals surface area contributed by atoms with Crippen LogP contribution >= 0.6 is 0 Å². The number of benzene rings is 12. The van der Waals surface area contributed by atoms with Crippen molar-refractivity contribution in [3.63, 3.8) is 0 Å². The lowest BCUT2D eigenvalue weighted by Crippen LogP contribution is -2.51. The average Bonchev–Trinajstić information content (AvgIpc) is 0.743. The summed E-state index contributed by atoms with van der Waals surface area (Å²) in [7, 11) is 2.51. The average molecular weight is 1500 g/mol. The summed E-state index contributed by atoms with van der Waals surface area (Å²) >= 11 is 0. The van der Waals surface area contributed by atoms with Gasteiger partial charge in [-0.1, -0.05) is 207 Å². The number of esters is 2. The fourth-order valence-corrected chi connectivity index (χ4v) is 13.6. The van der Waals surface area contributed by atoms with Crippen molar-refractivity contribution in [3.8, 4) is 22.3 Å². The van der Waals surface area contributed by atoms with Gasteiger partial charge in [-0.2, -0.15) is 0 Å². The fraction of sp³-hybridized carbons (Fsp3) is 0.200. The first-order valence-corrected chi connectivity index (χ1v) is 36.1. The summed E-state index contributed by atoms with van der Waals surface area (Å²) in [5.74, 6) is -3.73. The van der Waals surface area contributed by atoms with Gasteiger partial charge < -0.3 is 39.3 Å². The van der Waals surface area contributed by atoms with Crippen molar-refractivity contribution in [2.45, 2.75) is 111 Å². The SMILES string of the molecule is C.C.C.C.C=Cc1ccc(N(c2ccc(-c3ccc(N(c4ccccc4)c4cccc(C)c4)cc3)cc2)c2cccc(C)c2)cc1.CCC(c1ccc(N(c2ccc(-c3ccc(N(c4ccccc4)c4cccc(C)c4)cc3)cc2)c2cccc(C)c2)cc1)C(C)(C(=O)O)C(C)(C)C(=O)OC.COC(=O)/C(C)=C(\C)C(=O)O. The molecule has 0 heterocycles. The van der Waals surface area contributed by atoms with Crippen LogP contribution in [0.4, 0.5) is 68.2 Å². The Morgan fingerprint density at radius 2 is 0.643 bits per heavy atom. The zero-order valence-corrected chi connectivity index (χ0v) is 63.6. The van der Waals surface area contributed by atoms with Gasteiger partial charge in [-0.15, -0.1) is 0 Å². The van der Waals surface area contributed by atoms with Gasteiger partial charge in [0.15, 0.2) is 0 Å². The topological polar surface area (TPSA) is 140 Å². The molecule has 0 spiro atoms. The molecule has 112 heavy (non-hydrogen) atoms. The molecule has 578 valence electrons. The molecule has 0 fully saturated rings. The molecule has 2 N–H and O–H groups in total. The molecule has 2 atom stereocenters. The highest BCUT2D eigenvalue weighted by Crippen LogP contribution is 2.52. The van der Waals surface area contributed by atoms with E-state index in [1.165, 1.54) is 55.9 Å². The van der Waals surface area contributed by atoms with Crippen LogP contribution in [0.2, 0.25) is 0 Å². The molecule has 0 aliphatic heterocycles. The van der Waals surface area contributed by atoms with E-state index in [4.69, 9.17) is 9.84 Å². The number of aryl methyl sites for hydroxylation is 4. The van der Waals surface area contributed by atoms with Gasteiger partial charge in [-0.3, -0.25) is 9.59 Å². The van der Waals surface area contributed by atoms with Crippen LogP contribution in [0.3, 0.4) is 0 Å². The lowest BCUT2D eigenvalue weighted by molar-refractivity contribution is -0.174. The molecule has 12 nitrogen and oxygen atoms in total. The Kier molecular flexibility index (Phi) is 31.5. The molecular formula is C100H110N4O8. The molecule has 12 aromatic carbocycles. The largest absolute Gasteiger partial charge is 0.481 e. The Morgan fingerprint density at radius 3 is 0.884 bits per heavy atom. The van der Waals surface area contributed by atoms with Gasteiger partial charge in [0.25, 0.3) is 0 Å². The molecular weight excluding hydrogens is 1390 g/mol. The second-order valence-corrected chi connectivity index (χ2v) is 27.6. The van der Waals surface area contributed by atoms with E-state index in [0.29, 0.717) is 6.42 Å². The molecule has 12 rings (SSSR count). The molecule has 0 saturated carbocycles. The zero-order valence-electron chi connectivity index (χ0n) is 63.6. The quantitative estimate of drug-likeness (QED) is 0.0465. The maximum absolute atomic E-state index is 12.9. The number of ether oxygens (including phenoxy) is 2. The van der Waals surface area contributed by atoms with E-state index in [9.17, 15) is 24.3 Å². The minimum absolute atomic E-state index is 0. The molecule has 12 heteroatoms. The number of carboxylic acid groups (broad SMARTS) is 2. The summed E-state index contributed by atoms with van der Waals surface area (Å²) in [4.78, 5) is 55.9. The van der Waals surface area contributed by atoms with Crippen molar-refractivity contribution >= 4 is 98.2 Å². The molecule has 2 unspecified atom stereocenters. The summed E-state index contributed by atoms with van der Waals surface area (Å²) < 4.78 is 9.40. The van der Waals surface area contributed by atoms with Gasteiger partial charge in [-0.25, -0.2) is 9.59 Å². The third kappa shape index (κ3) is 20.4. The lowest BCUT2D eigenvalue weighted by Gasteiger charge is -2.44.